The summed E-state index contributed by atoms with van der Waals surface area (Å²) in [7, 11) is -3.72. The molecule has 2 rings (SSSR count). The van der Waals surface area contributed by atoms with Gasteiger partial charge < -0.3 is 5.43 Å². The second-order valence-electron chi connectivity index (χ2n) is 4.84. The molecule has 9 heteroatoms. The number of fused-ring (bicyclic) bond motifs is 1. The monoisotopic (exact) mass is 317 g/mol. The fraction of sp³-hybridized carbons (Fsp3) is 0.545. The van der Waals surface area contributed by atoms with E-state index in [9.17, 15) is 8.42 Å². The van der Waals surface area contributed by atoms with Crippen LogP contribution in [0.2, 0.25) is 0 Å². The lowest BCUT2D eigenvalue weighted by Crippen LogP contribution is -2.45. The molecule has 0 aliphatic carbocycles. The first-order valence-electron chi connectivity index (χ1n) is 6.33. The molecular formula is C11H19N5O2S2. The van der Waals surface area contributed by atoms with Gasteiger partial charge in [-0.3, -0.25) is 4.40 Å². The molecule has 0 aromatic carbocycles. The van der Waals surface area contributed by atoms with E-state index in [1.54, 1.807) is 11.6 Å². The zero-order valence-corrected chi connectivity index (χ0v) is 13.3. The van der Waals surface area contributed by atoms with E-state index in [0.29, 0.717) is 17.8 Å². The Morgan fingerprint density at radius 3 is 2.65 bits per heavy atom. The summed E-state index contributed by atoms with van der Waals surface area (Å²) < 4.78 is 29.6. The molecule has 0 saturated carbocycles. The van der Waals surface area contributed by atoms with E-state index in [-0.39, 0.29) is 10.8 Å². The first kappa shape index (κ1) is 15.2. The molecule has 20 heavy (non-hydrogen) atoms. The number of hydrogen-bond acceptors (Lipinski definition) is 6. The van der Waals surface area contributed by atoms with Gasteiger partial charge in [0.05, 0.1) is 0 Å². The second-order valence-corrected chi connectivity index (χ2v) is 7.31. The average Bonchev–Trinajstić information content (AvgIpc) is 2.97. The predicted octanol–water partition coefficient (Wildman–Crippen LogP) is 1.54. The molecule has 2 aromatic rings. The van der Waals surface area contributed by atoms with Crippen molar-refractivity contribution in [3.63, 3.8) is 0 Å². The van der Waals surface area contributed by atoms with Gasteiger partial charge >= 0.3 is 0 Å². The van der Waals surface area contributed by atoms with Gasteiger partial charge in [-0.2, -0.15) is 4.98 Å². The number of nitrogens with one attached hydrogen (secondary N) is 2. The Hall–Kier alpha value is -1.16. The van der Waals surface area contributed by atoms with Crippen molar-refractivity contribution in [2.75, 3.05) is 5.43 Å². The molecule has 0 saturated heterocycles. The van der Waals surface area contributed by atoms with Crippen molar-refractivity contribution in [2.45, 2.75) is 44.2 Å². The third-order valence-corrected chi connectivity index (χ3v) is 5.97. The van der Waals surface area contributed by atoms with Crippen molar-refractivity contribution in [1.29, 1.82) is 0 Å². The van der Waals surface area contributed by atoms with Gasteiger partial charge in [0.15, 0.2) is 10.8 Å². The zero-order chi connectivity index (χ0) is 15.0. The maximum absolute atomic E-state index is 12.7. The number of nitrogens with zero attached hydrogens (tertiary/aromatic N) is 2. The maximum atomic E-state index is 12.7. The number of imidazole rings is 1. The first-order chi connectivity index (χ1) is 9.37. The van der Waals surface area contributed by atoms with Gasteiger partial charge in [-0.05, 0) is 19.8 Å². The Balaban J connectivity index is 2.54. The molecule has 2 aromatic heterocycles. The van der Waals surface area contributed by atoms with E-state index < -0.39 is 15.6 Å². The van der Waals surface area contributed by atoms with Gasteiger partial charge in [-0.1, -0.05) is 13.8 Å². The van der Waals surface area contributed by atoms with E-state index in [0.717, 1.165) is 0 Å². The minimum absolute atomic E-state index is 0.0457. The predicted molar refractivity (Wildman–Crippen MR) is 80.2 cm³/mol. The highest BCUT2D eigenvalue weighted by Gasteiger charge is 2.32. The lowest BCUT2D eigenvalue weighted by atomic mass is 9.98. The Kier molecular flexibility index (Phi) is 4.05. The molecule has 0 unspecified atom stereocenters. The number of thiazole rings is 1. The van der Waals surface area contributed by atoms with Crippen molar-refractivity contribution in [2.24, 2.45) is 5.84 Å². The van der Waals surface area contributed by atoms with E-state index in [2.05, 4.69) is 15.1 Å². The van der Waals surface area contributed by atoms with Crippen LogP contribution in [0.15, 0.2) is 16.6 Å². The molecule has 0 spiro atoms. The SMILES string of the molecule is CCC(C)(CC)NS(=O)(=O)c1c(NN)nc2sccn12. The number of aromatic nitrogens is 2. The fourth-order valence-corrected chi connectivity index (χ4v) is 4.45. The summed E-state index contributed by atoms with van der Waals surface area (Å²) in [5.41, 5.74) is 1.86. The molecule has 0 aliphatic rings. The lowest BCUT2D eigenvalue weighted by Gasteiger charge is -2.27. The van der Waals surface area contributed by atoms with Crippen LogP contribution in [0.3, 0.4) is 0 Å². The molecule has 4 N–H and O–H groups in total. The Morgan fingerprint density at radius 2 is 2.10 bits per heavy atom. The van der Waals surface area contributed by atoms with Gasteiger partial charge in [0.25, 0.3) is 10.0 Å². The van der Waals surface area contributed by atoms with Crippen LogP contribution in [-0.4, -0.2) is 23.3 Å². The molecule has 0 atom stereocenters. The number of anilines is 1. The summed E-state index contributed by atoms with van der Waals surface area (Å²) in [6, 6.07) is 0. The van der Waals surface area contributed by atoms with Crippen molar-refractivity contribution in [1.82, 2.24) is 14.1 Å². The fourth-order valence-electron chi connectivity index (χ4n) is 1.88. The zero-order valence-electron chi connectivity index (χ0n) is 11.7. The highest BCUT2D eigenvalue weighted by atomic mass is 32.2. The summed E-state index contributed by atoms with van der Waals surface area (Å²) in [5.74, 6) is 5.54. The van der Waals surface area contributed by atoms with Crippen LogP contribution in [-0.2, 0) is 10.0 Å². The lowest BCUT2D eigenvalue weighted by molar-refractivity contribution is 0.388. The molecular weight excluding hydrogens is 298 g/mol. The summed E-state index contributed by atoms with van der Waals surface area (Å²) in [6.07, 6.45) is 3.05. The second kappa shape index (κ2) is 5.32. The maximum Gasteiger partial charge on any atom is 0.260 e. The molecule has 112 valence electrons. The Bertz CT molecular complexity index is 700. The number of sulfonamides is 1. The van der Waals surface area contributed by atoms with Gasteiger partial charge in [0, 0.05) is 17.1 Å². The summed E-state index contributed by atoms with van der Waals surface area (Å²) in [6.45, 7) is 5.78. The van der Waals surface area contributed by atoms with Crippen LogP contribution >= 0.6 is 11.3 Å². The van der Waals surface area contributed by atoms with Gasteiger partial charge in [0.2, 0.25) is 5.03 Å². The van der Waals surface area contributed by atoms with E-state index >= 15 is 0 Å². The highest BCUT2D eigenvalue weighted by molar-refractivity contribution is 7.89. The number of hydrazine groups is 1. The Morgan fingerprint density at radius 1 is 1.45 bits per heavy atom. The molecule has 0 bridgehead atoms. The molecule has 2 heterocycles. The largest absolute Gasteiger partial charge is 0.306 e. The van der Waals surface area contributed by atoms with Gasteiger partial charge in [0.1, 0.15) is 0 Å². The molecule has 7 nitrogen and oxygen atoms in total. The van der Waals surface area contributed by atoms with Gasteiger partial charge in [-0.25, -0.2) is 19.0 Å². The number of nitrogens with two attached hydrogens (primary N) is 1. The van der Waals surface area contributed by atoms with Crippen LogP contribution in [0.25, 0.3) is 4.96 Å². The summed E-state index contributed by atoms with van der Waals surface area (Å²) >= 11 is 1.35. The standard InChI is InChI=1S/C11H19N5O2S2/c1-4-11(3,5-2)15-20(17,18)9-8(14-12)13-10-16(9)6-7-19-10/h6-7,14-15H,4-5,12H2,1-3H3. The minimum atomic E-state index is -3.72. The van der Waals surface area contributed by atoms with Crippen LogP contribution < -0.4 is 16.0 Å². The van der Waals surface area contributed by atoms with Crippen LogP contribution in [0.1, 0.15) is 33.6 Å². The average molecular weight is 317 g/mol. The minimum Gasteiger partial charge on any atom is -0.306 e. The first-order valence-corrected chi connectivity index (χ1v) is 8.69. The number of hydrogen-bond donors (Lipinski definition) is 3. The molecule has 0 amide bonds. The number of rotatable bonds is 6. The molecule has 0 radical (unpaired) electrons. The smallest absolute Gasteiger partial charge is 0.260 e. The van der Waals surface area contributed by atoms with Crippen molar-refractivity contribution >= 4 is 32.1 Å². The van der Waals surface area contributed by atoms with Crippen molar-refractivity contribution in [3.05, 3.63) is 11.6 Å². The summed E-state index contributed by atoms with van der Waals surface area (Å²) in [4.78, 5) is 4.74. The molecule has 0 fully saturated rings. The molecule has 0 aliphatic heterocycles. The third kappa shape index (κ3) is 2.53. The van der Waals surface area contributed by atoms with E-state index in [1.807, 2.05) is 20.8 Å². The topological polar surface area (TPSA) is 102 Å². The van der Waals surface area contributed by atoms with Gasteiger partial charge in [-0.15, -0.1) is 11.3 Å². The van der Waals surface area contributed by atoms with Crippen molar-refractivity contribution < 1.29 is 8.42 Å². The Labute approximate surface area is 122 Å². The van der Waals surface area contributed by atoms with E-state index in [1.165, 1.54) is 15.7 Å². The number of nitrogen functional groups attached to an aromatic ring is 1. The normalized spacial score (nSPS) is 13.0. The third-order valence-electron chi connectivity index (χ3n) is 3.55. The summed E-state index contributed by atoms with van der Waals surface area (Å²) in [5, 5.41) is 1.82. The van der Waals surface area contributed by atoms with Crippen LogP contribution in [0.5, 0.6) is 0 Å². The van der Waals surface area contributed by atoms with E-state index in [4.69, 9.17) is 5.84 Å². The van der Waals surface area contributed by atoms with Crippen molar-refractivity contribution in [3.8, 4) is 0 Å². The van der Waals surface area contributed by atoms with Crippen LogP contribution in [0.4, 0.5) is 5.82 Å². The van der Waals surface area contributed by atoms with Crippen LogP contribution in [0, 0.1) is 0 Å². The quantitative estimate of drug-likeness (QED) is 0.554. The highest BCUT2D eigenvalue weighted by Crippen LogP contribution is 2.27.